The predicted molar refractivity (Wildman–Crippen MR) is 40.4 cm³/mol. The van der Waals surface area contributed by atoms with E-state index < -0.39 is 11.2 Å². The molecule has 2 aliphatic heterocycles. The maximum absolute atomic E-state index is 11.4. The van der Waals surface area contributed by atoms with Crippen LogP contribution in [-0.2, 0) is 15.9 Å². The molecule has 0 aliphatic carbocycles. The molecule has 0 radical (unpaired) electrons. The molecule has 2 nitrogen and oxygen atoms in total. The summed E-state index contributed by atoms with van der Waals surface area (Å²) in [5.74, 6) is 0.906. The molecule has 0 aromatic carbocycles. The molecule has 0 aromatic heterocycles. The Bertz CT molecular complexity index is 126. The average molecular weight is 160 g/mol. The third-order valence-corrected chi connectivity index (χ3v) is 4.66. The lowest BCUT2D eigenvalue weighted by Gasteiger charge is -2.22. The Morgan fingerprint density at radius 3 is 2.80 bits per heavy atom. The van der Waals surface area contributed by atoms with Gasteiger partial charge in [-0.2, -0.15) is 0 Å². The molecule has 2 saturated heterocycles. The van der Waals surface area contributed by atoms with E-state index in [0.29, 0.717) is 0 Å². The second-order valence-electron chi connectivity index (χ2n) is 3.14. The van der Waals surface area contributed by atoms with E-state index in [1.54, 1.807) is 0 Å². The molecule has 2 heterocycles. The van der Waals surface area contributed by atoms with E-state index in [4.69, 9.17) is 4.74 Å². The molecule has 0 N–H and O–H groups in total. The first-order valence-corrected chi connectivity index (χ1v) is 5.12. The van der Waals surface area contributed by atoms with Crippen LogP contribution in [0.2, 0.25) is 0 Å². The fourth-order valence-corrected chi connectivity index (χ4v) is 3.56. The van der Waals surface area contributed by atoms with Crippen LogP contribution in [0, 0.1) is 0 Å². The van der Waals surface area contributed by atoms with Crippen molar-refractivity contribution in [1.82, 2.24) is 0 Å². The van der Waals surface area contributed by atoms with E-state index in [9.17, 15) is 4.55 Å². The minimum absolute atomic E-state index is 0.0972. The van der Waals surface area contributed by atoms with Crippen LogP contribution >= 0.6 is 0 Å². The largest absolute Gasteiger partial charge is 0.616 e. The topological polar surface area (TPSA) is 32.3 Å². The highest BCUT2D eigenvalue weighted by molar-refractivity contribution is 7.93. The van der Waals surface area contributed by atoms with Crippen LogP contribution in [0.5, 0.6) is 0 Å². The average Bonchev–Trinajstić information content (AvgIpc) is 2.48. The summed E-state index contributed by atoms with van der Waals surface area (Å²) in [5.41, 5.74) is 0. The smallest absolute Gasteiger partial charge is 0.151 e. The molecule has 2 unspecified atom stereocenters. The van der Waals surface area contributed by atoms with Crippen molar-refractivity contribution in [1.29, 1.82) is 0 Å². The van der Waals surface area contributed by atoms with Crippen molar-refractivity contribution in [2.45, 2.75) is 24.0 Å². The lowest BCUT2D eigenvalue weighted by Crippen LogP contribution is -2.34. The second-order valence-corrected chi connectivity index (χ2v) is 5.10. The first-order valence-electron chi connectivity index (χ1n) is 3.80. The van der Waals surface area contributed by atoms with Crippen molar-refractivity contribution in [2.24, 2.45) is 0 Å². The van der Waals surface area contributed by atoms with Crippen LogP contribution in [0.3, 0.4) is 0 Å². The van der Waals surface area contributed by atoms with Crippen molar-refractivity contribution in [3.63, 3.8) is 0 Å². The molecule has 0 amide bonds. The van der Waals surface area contributed by atoms with Gasteiger partial charge in [-0.25, -0.2) is 0 Å². The zero-order valence-electron chi connectivity index (χ0n) is 5.97. The van der Waals surface area contributed by atoms with Crippen molar-refractivity contribution < 1.29 is 9.29 Å². The standard InChI is InChI=1S/C7H12O2S/c8-10-5-1-2-7(10)3-4-9-6-7/h1-6H2. The zero-order valence-corrected chi connectivity index (χ0v) is 6.78. The molecular formula is C7H12O2S. The van der Waals surface area contributed by atoms with E-state index in [1.165, 1.54) is 0 Å². The van der Waals surface area contributed by atoms with Crippen LogP contribution in [-0.4, -0.2) is 28.3 Å². The first-order chi connectivity index (χ1) is 4.83. The minimum atomic E-state index is -0.582. The minimum Gasteiger partial charge on any atom is -0.616 e. The SMILES string of the molecule is [O-][S+]1CCCC12CCOC2. The molecule has 0 bridgehead atoms. The Labute approximate surface area is 64.1 Å². The van der Waals surface area contributed by atoms with Crippen LogP contribution in [0.1, 0.15) is 19.3 Å². The van der Waals surface area contributed by atoms with Gasteiger partial charge in [-0.15, -0.1) is 0 Å². The predicted octanol–water partition coefficient (Wildman–Crippen LogP) is 0.688. The lowest BCUT2D eigenvalue weighted by molar-refractivity contribution is 0.189. The van der Waals surface area contributed by atoms with Crippen molar-refractivity contribution >= 4 is 11.2 Å². The second kappa shape index (κ2) is 2.40. The van der Waals surface area contributed by atoms with Gasteiger partial charge in [0.05, 0.1) is 13.2 Å². The summed E-state index contributed by atoms with van der Waals surface area (Å²) in [6, 6.07) is 0. The van der Waals surface area contributed by atoms with Gasteiger partial charge in [0.2, 0.25) is 0 Å². The summed E-state index contributed by atoms with van der Waals surface area (Å²) in [6.07, 6.45) is 3.29. The Kier molecular flexibility index (Phi) is 1.66. The molecule has 2 atom stereocenters. The highest BCUT2D eigenvalue weighted by Gasteiger charge is 2.49. The molecule has 2 aliphatic rings. The van der Waals surface area contributed by atoms with Gasteiger partial charge >= 0.3 is 0 Å². The van der Waals surface area contributed by atoms with Crippen LogP contribution in [0.4, 0.5) is 0 Å². The maximum Gasteiger partial charge on any atom is 0.151 e. The Hall–Kier alpha value is 0.270. The molecule has 2 rings (SSSR count). The fourth-order valence-electron chi connectivity index (χ4n) is 1.82. The summed E-state index contributed by atoms with van der Waals surface area (Å²) in [7, 11) is 0. The molecule has 58 valence electrons. The summed E-state index contributed by atoms with van der Waals surface area (Å²) in [4.78, 5) is 0. The molecule has 0 saturated carbocycles. The van der Waals surface area contributed by atoms with E-state index in [2.05, 4.69) is 0 Å². The first kappa shape index (κ1) is 6.95. The number of rotatable bonds is 0. The summed E-state index contributed by atoms with van der Waals surface area (Å²) in [5, 5.41) is 0. The molecule has 0 aromatic rings. The molecule has 10 heavy (non-hydrogen) atoms. The summed E-state index contributed by atoms with van der Waals surface area (Å²) >= 11 is -0.582. The van der Waals surface area contributed by atoms with E-state index in [0.717, 1.165) is 38.2 Å². The van der Waals surface area contributed by atoms with Crippen molar-refractivity contribution in [2.75, 3.05) is 19.0 Å². The monoisotopic (exact) mass is 160 g/mol. The van der Waals surface area contributed by atoms with Crippen LogP contribution in [0.25, 0.3) is 0 Å². The van der Waals surface area contributed by atoms with Gasteiger partial charge in [0.1, 0.15) is 5.75 Å². The normalized spacial score (nSPS) is 47.1. The third-order valence-electron chi connectivity index (χ3n) is 2.51. The van der Waals surface area contributed by atoms with Crippen molar-refractivity contribution in [3.8, 4) is 0 Å². The van der Waals surface area contributed by atoms with Gasteiger partial charge < -0.3 is 9.29 Å². The van der Waals surface area contributed by atoms with Gasteiger partial charge in [-0.3, -0.25) is 0 Å². The third kappa shape index (κ3) is 0.881. The quantitative estimate of drug-likeness (QED) is 0.488. The highest BCUT2D eigenvalue weighted by atomic mass is 32.2. The molecule has 1 spiro atoms. The fraction of sp³-hybridized carbons (Fsp3) is 1.00. The van der Waals surface area contributed by atoms with E-state index in [-0.39, 0.29) is 4.75 Å². The van der Waals surface area contributed by atoms with Crippen LogP contribution in [0.15, 0.2) is 0 Å². The van der Waals surface area contributed by atoms with Gasteiger partial charge in [-0.1, -0.05) is 0 Å². The maximum atomic E-state index is 11.4. The number of ether oxygens (including phenoxy) is 1. The Balaban J connectivity index is 2.11. The van der Waals surface area contributed by atoms with Gasteiger partial charge in [0.25, 0.3) is 0 Å². The summed E-state index contributed by atoms with van der Waals surface area (Å²) < 4.78 is 16.8. The number of hydrogen-bond acceptors (Lipinski definition) is 2. The van der Waals surface area contributed by atoms with E-state index >= 15 is 0 Å². The summed E-state index contributed by atoms with van der Waals surface area (Å²) in [6.45, 7) is 1.57. The lowest BCUT2D eigenvalue weighted by atomic mass is 10.0. The Morgan fingerprint density at radius 1 is 1.40 bits per heavy atom. The number of hydrogen-bond donors (Lipinski definition) is 0. The van der Waals surface area contributed by atoms with Gasteiger partial charge in [-0.05, 0) is 17.6 Å². The van der Waals surface area contributed by atoms with Crippen LogP contribution < -0.4 is 0 Å². The van der Waals surface area contributed by atoms with Gasteiger partial charge in [0, 0.05) is 12.8 Å². The molecule has 2 fully saturated rings. The molecular weight excluding hydrogens is 148 g/mol. The molecule has 3 heteroatoms. The Morgan fingerprint density at radius 2 is 2.30 bits per heavy atom. The highest BCUT2D eigenvalue weighted by Crippen LogP contribution is 2.38. The van der Waals surface area contributed by atoms with Gasteiger partial charge in [0.15, 0.2) is 4.75 Å². The van der Waals surface area contributed by atoms with E-state index in [1.807, 2.05) is 0 Å². The van der Waals surface area contributed by atoms with Crippen molar-refractivity contribution in [3.05, 3.63) is 0 Å². The zero-order chi connectivity index (χ0) is 7.03.